The fourth-order valence-electron chi connectivity index (χ4n) is 3.26. The Morgan fingerprint density at radius 3 is 1.95 bits per heavy atom. The molecular weight excluding hydrogens is 518 g/mol. The fourth-order valence-corrected chi connectivity index (χ4v) is 3.26. The number of aromatic hydroxyl groups is 1. The molecule has 0 saturated carbocycles. The Labute approximate surface area is 223 Å². The number of phenols is 1. The second-order valence-electron chi connectivity index (χ2n) is 8.71. The zero-order chi connectivity index (χ0) is 29.7. The van der Waals surface area contributed by atoms with Crippen molar-refractivity contribution in [2.75, 3.05) is 6.54 Å². The molecule has 0 radical (unpaired) electrons. The number of benzene rings is 1. The maximum Gasteiger partial charge on any atom is 0.326 e. The number of nitrogens with one attached hydrogen (secondary N) is 3. The van der Waals surface area contributed by atoms with Gasteiger partial charge < -0.3 is 53.6 Å². The number of carbonyl (C=O) groups excluding carboxylic acids is 3. The van der Waals surface area contributed by atoms with E-state index in [0.29, 0.717) is 5.56 Å². The number of carboxylic acid groups (broad SMARTS) is 2. The van der Waals surface area contributed by atoms with Crippen LogP contribution in [0.5, 0.6) is 5.75 Å². The molecule has 1 aromatic carbocycles. The van der Waals surface area contributed by atoms with Crippen LogP contribution in [0, 0.1) is 0 Å². The van der Waals surface area contributed by atoms with E-state index in [1.807, 2.05) is 0 Å². The quantitative estimate of drug-likeness (QED) is 0.0547. The third-order valence-electron chi connectivity index (χ3n) is 5.40. The van der Waals surface area contributed by atoms with E-state index < -0.39 is 66.4 Å². The van der Waals surface area contributed by atoms with Crippen LogP contribution in [0.3, 0.4) is 0 Å². The minimum absolute atomic E-state index is 0.0479. The molecule has 16 nitrogen and oxygen atoms in total. The second-order valence-corrected chi connectivity index (χ2v) is 8.71. The lowest BCUT2D eigenvalue weighted by Gasteiger charge is -2.25. The SMILES string of the molecule is CC(O)C(N)C(=O)NC(CCCN=C(N)N)C(=O)NC(CC(=O)O)C(=O)NC(Cc1ccc(O)cc1)C(=O)O. The number of phenolic OH excluding ortho intramolecular Hbond substituents is 1. The smallest absolute Gasteiger partial charge is 0.326 e. The molecule has 0 aliphatic rings. The van der Waals surface area contributed by atoms with E-state index >= 15 is 0 Å². The van der Waals surface area contributed by atoms with Gasteiger partial charge in [-0.05, 0) is 37.5 Å². The monoisotopic (exact) mass is 553 g/mol. The first-order valence-corrected chi connectivity index (χ1v) is 11.8. The van der Waals surface area contributed by atoms with E-state index in [2.05, 4.69) is 20.9 Å². The first-order chi connectivity index (χ1) is 18.2. The number of hydrogen-bond acceptors (Lipinski definition) is 9. The molecule has 5 unspecified atom stereocenters. The average Bonchev–Trinajstić information content (AvgIpc) is 2.84. The van der Waals surface area contributed by atoms with Crippen LogP contribution in [-0.4, -0.2) is 92.9 Å². The molecule has 0 aromatic heterocycles. The summed E-state index contributed by atoms with van der Waals surface area (Å²) in [6, 6.07) is -0.361. The molecule has 0 spiro atoms. The minimum Gasteiger partial charge on any atom is -0.508 e. The number of aliphatic carboxylic acids is 2. The van der Waals surface area contributed by atoms with Gasteiger partial charge in [-0.3, -0.25) is 24.2 Å². The van der Waals surface area contributed by atoms with E-state index in [0.717, 1.165) is 0 Å². The van der Waals surface area contributed by atoms with Crippen LogP contribution in [-0.2, 0) is 30.4 Å². The summed E-state index contributed by atoms with van der Waals surface area (Å²) in [6.07, 6.45) is -2.21. The zero-order valence-electron chi connectivity index (χ0n) is 21.2. The number of nitrogens with zero attached hydrogens (tertiary/aromatic N) is 1. The predicted molar refractivity (Wildman–Crippen MR) is 137 cm³/mol. The second kappa shape index (κ2) is 15.7. The molecule has 39 heavy (non-hydrogen) atoms. The van der Waals surface area contributed by atoms with E-state index in [1.165, 1.54) is 31.2 Å². The summed E-state index contributed by atoms with van der Waals surface area (Å²) in [7, 11) is 0. The topological polar surface area (TPSA) is 293 Å². The summed E-state index contributed by atoms with van der Waals surface area (Å²) in [5.74, 6) is -6.08. The number of guanidine groups is 1. The van der Waals surface area contributed by atoms with E-state index in [1.54, 1.807) is 0 Å². The van der Waals surface area contributed by atoms with E-state index in [-0.39, 0.29) is 37.5 Å². The highest BCUT2D eigenvalue weighted by Crippen LogP contribution is 2.12. The third-order valence-corrected chi connectivity index (χ3v) is 5.40. The fraction of sp³-hybridized carbons (Fsp3) is 0.478. The number of nitrogens with two attached hydrogens (primary N) is 3. The molecule has 0 aliphatic heterocycles. The van der Waals surface area contributed by atoms with Gasteiger partial charge in [0.05, 0.1) is 12.5 Å². The number of carbonyl (C=O) groups is 5. The number of aliphatic hydroxyl groups excluding tert-OH is 1. The van der Waals surface area contributed by atoms with Crippen LogP contribution in [0.25, 0.3) is 0 Å². The van der Waals surface area contributed by atoms with Gasteiger partial charge in [0.25, 0.3) is 0 Å². The summed E-state index contributed by atoms with van der Waals surface area (Å²) >= 11 is 0. The Morgan fingerprint density at radius 2 is 1.44 bits per heavy atom. The molecule has 13 N–H and O–H groups in total. The maximum atomic E-state index is 13.0. The van der Waals surface area contributed by atoms with Crippen molar-refractivity contribution in [3.05, 3.63) is 29.8 Å². The average molecular weight is 554 g/mol. The minimum atomic E-state index is -1.71. The van der Waals surface area contributed by atoms with Gasteiger partial charge in [-0.15, -0.1) is 0 Å². The molecule has 1 aromatic rings. The molecule has 0 bridgehead atoms. The molecule has 3 amide bonds. The van der Waals surface area contributed by atoms with Gasteiger partial charge in [0.2, 0.25) is 17.7 Å². The molecule has 0 saturated heterocycles. The van der Waals surface area contributed by atoms with Crippen molar-refractivity contribution < 1.29 is 44.4 Å². The highest BCUT2D eigenvalue weighted by Gasteiger charge is 2.32. The summed E-state index contributed by atoms with van der Waals surface area (Å²) in [4.78, 5) is 65.1. The van der Waals surface area contributed by atoms with Gasteiger partial charge in [-0.1, -0.05) is 12.1 Å². The van der Waals surface area contributed by atoms with Crippen molar-refractivity contribution in [3.63, 3.8) is 0 Å². The molecule has 216 valence electrons. The van der Waals surface area contributed by atoms with E-state index in [9.17, 15) is 44.4 Å². The van der Waals surface area contributed by atoms with Crippen LogP contribution >= 0.6 is 0 Å². The first-order valence-electron chi connectivity index (χ1n) is 11.8. The van der Waals surface area contributed by atoms with Gasteiger partial charge in [0.15, 0.2) is 5.96 Å². The van der Waals surface area contributed by atoms with Crippen LogP contribution in [0.1, 0.15) is 31.7 Å². The highest BCUT2D eigenvalue weighted by atomic mass is 16.4. The molecule has 0 aliphatic carbocycles. The van der Waals surface area contributed by atoms with Crippen molar-refractivity contribution in [3.8, 4) is 5.75 Å². The molecule has 0 fully saturated rings. The first kappa shape index (κ1) is 32.6. The van der Waals surface area contributed by atoms with Crippen LogP contribution in [0.4, 0.5) is 0 Å². The van der Waals surface area contributed by atoms with Crippen LogP contribution in [0.15, 0.2) is 29.3 Å². The summed E-state index contributed by atoms with van der Waals surface area (Å²) in [5.41, 5.74) is 16.6. The number of carboxylic acids is 2. The highest BCUT2D eigenvalue weighted by molar-refractivity contribution is 5.95. The standard InChI is InChI=1S/C23H35N7O9/c1-11(31)18(24)21(37)28-14(3-2-8-27-23(25)26)19(35)29-15(10-17(33)34)20(36)30-16(22(38)39)9-12-4-6-13(32)7-5-12/h4-7,11,14-16,18,31-32H,2-3,8-10,24H2,1H3,(H,28,37)(H,29,35)(H,30,36)(H,33,34)(H,38,39)(H4,25,26,27). The summed E-state index contributed by atoms with van der Waals surface area (Å²) in [6.45, 7) is 1.35. The van der Waals surface area contributed by atoms with E-state index in [4.69, 9.17) is 17.2 Å². The lowest BCUT2D eigenvalue weighted by Crippen LogP contribution is -2.58. The number of rotatable bonds is 16. The Balaban J connectivity index is 3.06. The van der Waals surface area contributed by atoms with Crippen LogP contribution in [0.2, 0.25) is 0 Å². The largest absolute Gasteiger partial charge is 0.508 e. The van der Waals surface area contributed by atoms with Crippen molar-refractivity contribution in [2.45, 2.75) is 62.9 Å². The number of aliphatic hydroxyl groups is 1. The number of amides is 3. The van der Waals surface area contributed by atoms with Gasteiger partial charge in [-0.2, -0.15) is 0 Å². The lowest BCUT2D eigenvalue weighted by atomic mass is 10.0. The van der Waals surface area contributed by atoms with Crippen molar-refractivity contribution in [2.24, 2.45) is 22.2 Å². The molecule has 5 atom stereocenters. The van der Waals surface area contributed by atoms with Crippen molar-refractivity contribution in [1.29, 1.82) is 0 Å². The van der Waals surface area contributed by atoms with Crippen molar-refractivity contribution in [1.82, 2.24) is 16.0 Å². The Bertz CT molecular complexity index is 1040. The summed E-state index contributed by atoms with van der Waals surface area (Å²) in [5, 5.41) is 44.6. The molecule has 1 rings (SSSR count). The Hall–Kier alpha value is -4.44. The Morgan fingerprint density at radius 1 is 0.897 bits per heavy atom. The normalized spacial score (nSPS) is 14.5. The van der Waals surface area contributed by atoms with Gasteiger partial charge in [0.1, 0.15) is 29.9 Å². The van der Waals surface area contributed by atoms with Gasteiger partial charge >= 0.3 is 11.9 Å². The van der Waals surface area contributed by atoms with Crippen LogP contribution < -0.4 is 33.2 Å². The maximum absolute atomic E-state index is 13.0. The lowest BCUT2D eigenvalue weighted by molar-refractivity contribution is -0.143. The van der Waals surface area contributed by atoms with Crippen molar-refractivity contribution >= 4 is 35.6 Å². The number of hydrogen-bond donors (Lipinski definition) is 10. The Kier molecular flexibility index (Phi) is 13.1. The van der Waals surface area contributed by atoms with Gasteiger partial charge in [-0.25, -0.2) is 4.79 Å². The number of aliphatic imine (C=N–C) groups is 1. The molecule has 0 heterocycles. The van der Waals surface area contributed by atoms with Gasteiger partial charge in [0, 0.05) is 13.0 Å². The molecule has 16 heteroatoms. The third kappa shape index (κ3) is 12.1. The predicted octanol–water partition coefficient (Wildman–Crippen LogP) is -3.29. The zero-order valence-corrected chi connectivity index (χ0v) is 21.2. The molecular formula is C23H35N7O9. The summed E-state index contributed by atoms with van der Waals surface area (Å²) < 4.78 is 0.